The molecule has 1 aliphatic rings. The van der Waals surface area contributed by atoms with Gasteiger partial charge in [0.05, 0.1) is 4.88 Å². The molecule has 0 aliphatic carbocycles. The number of thiophene rings is 1. The van der Waals surface area contributed by atoms with Crippen LogP contribution in [0.1, 0.15) is 10.4 Å². The van der Waals surface area contributed by atoms with E-state index in [2.05, 4.69) is 15.9 Å². The topological polar surface area (TPSA) is 53.7 Å². The molecule has 0 fully saturated rings. The minimum absolute atomic E-state index is 0.261. The molecule has 1 aromatic heterocycles. The molecule has 3 rings (SSSR count). The average Bonchev–Trinajstić information content (AvgIpc) is 3.05. The number of fused-ring (bicyclic) bond motifs is 1. The first-order valence-electron chi connectivity index (χ1n) is 6.25. The molecule has 20 heavy (non-hydrogen) atoms. The number of hydrogen-bond acceptors (Lipinski definition) is 5. The smallest absolute Gasteiger partial charge is 0.231 e. The third-order valence-corrected chi connectivity index (χ3v) is 4.92. The second kappa shape index (κ2) is 6.03. The Hall–Kier alpha value is -1.24. The Morgan fingerprint density at radius 1 is 1.30 bits per heavy atom. The molecule has 0 spiro atoms. The van der Waals surface area contributed by atoms with Gasteiger partial charge in [0.25, 0.3) is 0 Å². The van der Waals surface area contributed by atoms with Gasteiger partial charge in [0, 0.05) is 10.5 Å². The summed E-state index contributed by atoms with van der Waals surface area (Å²) >= 11 is 5.17. The van der Waals surface area contributed by atoms with Crippen LogP contribution in [0, 0.1) is 0 Å². The van der Waals surface area contributed by atoms with Crippen molar-refractivity contribution in [2.45, 2.75) is 13.0 Å². The van der Waals surface area contributed by atoms with Crippen molar-refractivity contribution in [2.75, 3.05) is 13.3 Å². The van der Waals surface area contributed by atoms with Crippen molar-refractivity contribution < 1.29 is 14.2 Å². The van der Waals surface area contributed by atoms with Crippen molar-refractivity contribution in [2.24, 2.45) is 5.73 Å². The molecule has 0 saturated carbocycles. The lowest BCUT2D eigenvalue weighted by Gasteiger charge is -2.12. The van der Waals surface area contributed by atoms with Crippen LogP contribution in [-0.4, -0.2) is 13.3 Å². The van der Waals surface area contributed by atoms with Crippen molar-refractivity contribution in [1.29, 1.82) is 0 Å². The predicted octanol–water partition coefficient (Wildman–Crippen LogP) is 3.32. The zero-order chi connectivity index (χ0) is 13.9. The van der Waals surface area contributed by atoms with Crippen LogP contribution in [0.15, 0.2) is 28.1 Å². The Kier molecular flexibility index (Phi) is 4.14. The number of rotatable bonds is 5. The molecule has 6 heteroatoms. The van der Waals surface area contributed by atoms with Crippen LogP contribution in [0.2, 0.25) is 0 Å². The molecule has 0 amide bonds. The highest BCUT2D eigenvalue weighted by Crippen LogP contribution is 2.38. The zero-order valence-corrected chi connectivity index (χ0v) is 13.1. The molecule has 2 aromatic rings. The van der Waals surface area contributed by atoms with Crippen LogP contribution in [-0.2, 0) is 13.0 Å². The zero-order valence-electron chi connectivity index (χ0n) is 10.7. The minimum Gasteiger partial charge on any atom is -0.488 e. The third kappa shape index (κ3) is 2.77. The van der Waals surface area contributed by atoms with E-state index in [0.29, 0.717) is 13.2 Å². The summed E-state index contributed by atoms with van der Waals surface area (Å²) in [6, 6.07) is 5.85. The fourth-order valence-corrected chi connectivity index (χ4v) is 3.40. The van der Waals surface area contributed by atoms with E-state index in [1.807, 2.05) is 23.6 Å². The van der Waals surface area contributed by atoms with E-state index in [0.717, 1.165) is 38.6 Å². The molecule has 0 saturated heterocycles. The summed E-state index contributed by atoms with van der Waals surface area (Å²) in [6.45, 7) is 1.35. The molecule has 0 atom stereocenters. The van der Waals surface area contributed by atoms with Gasteiger partial charge in [-0.3, -0.25) is 0 Å². The minimum atomic E-state index is 0.261. The highest BCUT2D eigenvalue weighted by atomic mass is 79.9. The lowest BCUT2D eigenvalue weighted by Crippen LogP contribution is -2.05. The van der Waals surface area contributed by atoms with Crippen molar-refractivity contribution in [3.8, 4) is 17.2 Å². The summed E-state index contributed by atoms with van der Waals surface area (Å²) in [5.74, 6) is 2.30. The molecule has 0 bridgehead atoms. The van der Waals surface area contributed by atoms with E-state index < -0.39 is 0 Å². The fraction of sp³-hybridized carbons (Fsp3) is 0.286. The van der Waals surface area contributed by atoms with Crippen molar-refractivity contribution in [3.05, 3.63) is 38.5 Å². The molecule has 1 aromatic carbocycles. The van der Waals surface area contributed by atoms with Crippen molar-refractivity contribution in [3.63, 3.8) is 0 Å². The van der Waals surface area contributed by atoms with E-state index in [4.69, 9.17) is 19.9 Å². The van der Waals surface area contributed by atoms with E-state index in [1.165, 1.54) is 0 Å². The van der Waals surface area contributed by atoms with Gasteiger partial charge in [-0.2, -0.15) is 0 Å². The highest BCUT2D eigenvalue weighted by Gasteiger charge is 2.18. The second-order valence-corrected chi connectivity index (χ2v) is 6.19. The third-order valence-electron chi connectivity index (χ3n) is 3.02. The van der Waals surface area contributed by atoms with E-state index in [1.54, 1.807) is 11.3 Å². The largest absolute Gasteiger partial charge is 0.488 e. The Morgan fingerprint density at radius 3 is 2.80 bits per heavy atom. The Balaban J connectivity index is 1.82. The lowest BCUT2D eigenvalue weighted by atomic mass is 10.1. The van der Waals surface area contributed by atoms with Gasteiger partial charge >= 0.3 is 0 Å². The summed E-state index contributed by atoms with van der Waals surface area (Å²) in [7, 11) is 0. The number of benzene rings is 1. The Labute approximate surface area is 129 Å². The Bertz CT molecular complexity index is 614. The van der Waals surface area contributed by atoms with Gasteiger partial charge in [-0.25, -0.2) is 0 Å². The van der Waals surface area contributed by atoms with Gasteiger partial charge < -0.3 is 19.9 Å². The van der Waals surface area contributed by atoms with Crippen LogP contribution in [0.5, 0.6) is 17.2 Å². The number of hydrogen-bond donors (Lipinski definition) is 1. The monoisotopic (exact) mass is 355 g/mol. The van der Waals surface area contributed by atoms with Crippen LogP contribution >= 0.6 is 27.3 Å². The molecule has 1 aliphatic heterocycles. The lowest BCUT2D eigenvalue weighted by molar-refractivity contribution is 0.173. The maximum Gasteiger partial charge on any atom is 0.231 e. The normalized spacial score (nSPS) is 12.7. The van der Waals surface area contributed by atoms with Gasteiger partial charge in [-0.1, -0.05) is 0 Å². The first-order valence-corrected chi connectivity index (χ1v) is 7.92. The van der Waals surface area contributed by atoms with E-state index in [9.17, 15) is 0 Å². The maximum absolute atomic E-state index is 5.93. The molecule has 106 valence electrons. The van der Waals surface area contributed by atoms with Crippen molar-refractivity contribution in [1.82, 2.24) is 0 Å². The highest BCUT2D eigenvalue weighted by molar-refractivity contribution is 9.10. The average molecular weight is 356 g/mol. The van der Waals surface area contributed by atoms with Crippen LogP contribution in [0.4, 0.5) is 0 Å². The molecule has 2 N–H and O–H groups in total. The standard InChI is InChI=1S/C14H14BrNO3S/c15-10-2-4-20-14(10)7-17-11-6-13-12(18-8-19-13)5-9(11)1-3-16/h2,4-6H,1,3,7-8,16H2. The first kappa shape index (κ1) is 13.7. The number of halogens is 1. The summed E-state index contributed by atoms with van der Waals surface area (Å²) in [5.41, 5.74) is 6.70. The number of nitrogens with two attached hydrogens (primary N) is 1. The van der Waals surface area contributed by atoms with E-state index >= 15 is 0 Å². The van der Waals surface area contributed by atoms with Crippen molar-refractivity contribution >= 4 is 27.3 Å². The summed E-state index contributed by atoms with van der Waals surface area (Å²) in [4.78, 5) is 1.15. The Morgan fingerprint density at radius 2 is 2.10 bits per heavy atom. The molecule has 0 radical (unpaired) electrons. The quantitative estimate of drug-likeness (QED) is 0.893. The molecule has 4 nitrogen and oxygen atoms in total. The van der Waals surface area contributed by atoms with Gasteiger partial charge in [-0.05, 0) is 52.0 Å². The maximum atomic E-state index is 5.93. The first-order chi connectivity index (χ1) is 9.78. The van der Waals surface area contributed by atoms with Gasteiger partial charge in [0.1, 0.15) is 12.4 Å². The summed E-state index contributed by atoms with van der Waals surface area (Å²) in [5, 5.41) is 2.03. The second-order valence-electron chi connectivity index (χ2n) is 4.33. The van der Waals surface area contributed by atoms with Gasteiger partial charge in [0.2, 0.25) is 6.79 Å². The predicted molar refractivity (Wildman–Crippen MR) is 81.7 cm³/mol. The molecular weight excluding hydrogens is 342 g/mol. The van der Waals surface area contributed by atoms with Gasteiger partial charge in [0.15, 0.2) is 11.5 Å². The molecule has 2 heterocycles. The van der Waals surface area contributed by atoms with E-state index in [-0.39, 0.29) is 6.79 Å². The van der Waals surface area contributed by atoms with Crippen LogP contribution in [0.25, 0.3) is 0 Å². The number of ether oxygens (including phenoxy) is 3. The molecule has 0 unspecified atom stereocenters. The van der Waals surface area contributed by atoms with Gasteiger partial charge in [-0.15, -0.1) is 11.3 Å². The SMILES string of the molecule is NCCc1cc2c(cc1OCc1sccc1Br)OCO2. The summed E-state index contributed by atoms with van der Waals surface area (Å²) < 4.78 is 17.8. The molecular formula is C14H14BrNO3S. The van der Waals surface area contributed by atoms with Crippen LogP contribution < -0.4 is 19.9 Å². The summed E-state index contributed by atoms with van der Waals surface area (Å²) in [6.07, 6.45) is 0.748. The fourth-order valence-electron chi connectivity index (χ4n) is 2.02. The van der Waals surface area contributed by atoms with Crippen LogP contribution in [0.3, 0.4) is 0 Å².